The quantitative estimate of drug-likeness (QED) is 0.904. The molecule has 1 aliphatic rings. The number of hydrogen-bond donors (Lipinski definition) is 1. The van der Waals surface area contributed by atoms with Gasteiger partial charge < -0.3 is 5.32 Å². The van der Waals surface area contributed by atoms with Crippen molar-refractivity contribution in [3.8, 4) is 0 Å². The molecular weight excluding hydrogens is 250 g/mol. The molecule has 0 saturated heterocycles. The fraction of sp³-hybridized carbons (Fsp3) is 0.600. The first-order valence-electron chi connectivity index (χ1n) is 7.30. The minimum atomic E-state index is 0.733. The summed E-state index contributed by atoms with van der Waals surface area (Å²) in [7, 11) is 1.99. The lowest BCUT2D eigenvalue weighted by Gasteiger charge is -2.06. The van der Waals surface area contributed by atoms with Crippen molar-refractivity contribution in [2.75, 3.05) is 0 Å². The van der Waals surface area contributed by atoms with Gasteiger partial charge in [-0.2, -0.15) is 10.2 Å². The monoisotopic (exact) mass is 273 g/mol. The highest BCUT2D eigenvalue weighted by atomic mass is 15.3. The first kappa shape index (κ1) is 13.4. The largest absolute Gasteiger partial charge is 0.310 e. The van der Waals surface area contributed by atoms with Gasteiger partial charge in [-0.05, 0) is 39.7 Å². The smallest absolute Gasteiger partial charge is 0.0831 e. The van der Waals surface area contributed by atoms with Crippen LogP contribution in [-0.4, -0.2) is 25.6 Å². The van der Waals surface area contributed by atoms with Crippen molar-refractivity contribution in [1.82, 2.24) is 24.9 Å². The van der Waals surface area contributed by atoms with Crippen LogP contribution in [0.2, 0.25) is 0 Å². The van der Waals surface area contributed by atoms with E-state index in [1.807, 2.05) is 18.7 Å². The Balaban J connectivity index is 1.79. The van der Waals surface area contributed by atoms with Crippen LogP contribution >= 0.6 is 0 Å². The van der Waals surface area contributed by atoms with Crippen LogP contribution in [0, 0.1) is 20.8 Å². The molecule has 1 saturated carbocycles. The maximum Gasteiger partial charge on any atom is 0.0831 e. The van der Waals surface area contributed by atoms with Crippen LogP contribution in [0.1, 0.15) is 41.2 Å². The van der Waals surface area contributed by atoms with E-state index in [0.717, 1.165) is 30.5 Å². The van der Waals surface area contributed by atoms with E-state index in [-0.39, 0.29) is 0 Å². The molecule has 0 radical (unpaired) electrons. The molecule has 20 heavy (non-hydrogen) atoms. The van der Waals surface area contributed by atoms with E-state index >= 15 is 0 Å². The van der Waals surface area contributed by atoms with Gasteiger partial charge in [0.05, 0.1) is 23.6 Å². The summed E-state index contributed by atoms with van der Waals surface area (Å²) in [5, 5.41) is 12.7. The molecule has 0 unspecified atom stereocenters. The Labute approximate surface area is 120 Å². The van der Waals surface area contributed by atoms with Crippen molar-refractivity contribution in [3.63, 3.8) is 0 Å². The zero-order valence-electron chi connectivity index (χ0n) is 12.8. The number of aromatic nitrogens is 4. The van der Waals surface area contributed by atoms with Crippen molar-refractivity contribution in [2.24, 2.45) is 7.05 Å². The lowest BCUT2D eigenvalue weighted by atomic mass is 10.2. The average molecular weight is 273 g/mol. The topological polar surface area (TPSA) is 47.7 Å². The molecule has 5 heteroatoms. The van der Waals surface area contributed by atoms with Crippen LogP contribution in [0.3, 0.4) is 0 Å². The predicted octanol–water partition coefficient (Wildman–Crippen LogP) is 1.84. The van der Waals surface area contributed by atoms with Crippen molar-refractivity contribution in [1.29, 1.82) is 0 Å². The summed E-state index contributed by atoms with van der Waals surface area (Å²) in [6, 6.07) is 2.86. The van der Waals surface area contributed by atoms with Gasteiger partial charge >= 0.3 is 0 Å². The molecule has 0 bridgehead atoms. The van der Waals surface area contributed by atoms with E-state index in [4.69, 9.17) is 0 Å². The van der Waals surface area contributed by atoms with Crippen LogP contribution in [-0.2, 0) is 20.1 Å². The van der Waals surface area contributed by atoms with Gasteiger partial charge in [0.2, 0.25) is 0 Å². The minimum Gasteiger partial charge on any atom is -0.310 e. The van der Waals surface area contributed by atoms with Crippen molar-refractivity contribution < 1.29 is 0 Å². The summed E-state index contributed by atoms with van der Waals surface area (Å²) >= 11 is 0. The summed E-state index contributed by atoms with van der Waals surface area (Å²) < 4.78 is 4.03. The Morgan fingerprint density at radius 3 is 2.60 bits per heavy atom. The van der Waals surface area contributed by atoms with Gasteiger partial charge in [-0.3, -0.25) is 9.36 Å². The van der Waals surface area contributed by atoms with Crippen molar-refractivity contribution in [3.05, 3.63) is 34.4 Å². The van der Waals surface area contributed by atoms with Crippen LogP contribution in [0.4, 0.5) is 0 Å². The first-order valence-corrected chi connectivity index (χ1v) is 7.30. The molecule has 2 heterocycles. The molecule has 0 atom stereocenters. The van der Waals surface area contributed by atoms with Gasteiger partial charge in [0, 0.05) is 30.9 Å². The highest BCUT2D eigenvalue weighted by molar-refractivity contribution is 5.25. The molecule has 2 aromatic heterocycles. The SMILES string of the molecule is Cc1cc(Cn2nc(C)c(CNC3CC3)c2C)n(C)n1. The summed E-state index contributed by atoms with van der Waals surface area (Å²) in [6.45, 7) is 8.00. The third-order valence-corrected chi connectivity index (χ3v) is 4.09. The normalized spacial score (nSPS) is 15.0. The summed E-state index contributed by atoms with van der Waals surface area (Å²) in [6.07, 6.45) is 2.64. The summed E-state index contributed by atoms with van der Waals surface area (Å²) in [5.74, 6) is 0. The first-order chi connectivity index (χ1) is 9.54. The maximum absolute atomic E-state index is 4.69. The Kier molecular flexibility index (Phi) is 3.38. The third-order valence-electron chi connectivity index (χ3n) is 4.09. The minimum absolute atomic E-state index is 0.733. The van der Waals surface area contributed by atoms with E-state index < -0.39 is 0 Å². The van der Waals surface area contributed by atoms with E-state index in [9.17, 15) is 0 Å². The van der Waals surface area contributed by atoms with Crippen LogP contribution in [0.15, 0.2) is 6.07 Å². The Morgan fingerprint density at radius 2 is 2.00 bits per heavy atom. The molecule has 2 aromatic rings. The van der Waals surface area contributed by atoms with Crippen LogP contribution in [0.25, 0.3) is 0 Å². The fourth-order valence-corrected chi connectivity index (χ4v) is 2.64. The van der Waals surface area contributed by atoms with Crippen LogP contribution in [0.5, 0.6) is 0 Å². The number of nitrogens with zero attached hydrogens (tertiary/aromatic N) is 4. The molecule has 5 nitrogen and oxygen atoms in total. The van der Waals surface area contributed by atoms with Gasteiger partial charge in [0.25, 0.3) is 0 Å². The second-order valence-corrected chi connectivity index (χ2v) is 5.86. The molecule has 0 aliphatic heterocycles. The third kappa shape index (κ3) is 2.63. The van der Waals surface area contributed by atoms with E-state index in [0.29, 0.717) is 0 Å². The zero-order valence-corrected chi connectivity index (χ0v) is 12.8. The molecule has 3 rings (SSSR count). The molecular formula is C15H23N5. The standard InChI is InChI=1S/C15H23N5/c1-10-7-14(19(4)17-10)9-20-12(3)15(11(2)18-20)8-16-13-5-6-13/h7,13,16H,5-6,8-9H2,1-4H3. The lowest BCUT2D eigenvalue weighted by molar-refractivity contribution is 0.601. The second kappa shape index (κ2) is 5.05. The average Bonchev–Trinajstić information content (AvgIpc) is 3.10. The molecule has 0 aromatic carbocycles. The van der Waals surface area contributed by atoms with E-state index in [2.05, 4.69) is 40.1 Å². The Hall–Kier alpha value is -1.62. The van der Waals surface area contributed by atoms with Gasteiger partial charge in [0.15, 0.2) is 0 Å². The van der Waals surface area contributed by atoms with E-state index in [1.165, 1.54) is 29.8 Å². The number of aryl methyl sites for hydroxylation is 3. The number of rotatable bonds is 5. The Morgan fingerprint density at radius 1 is 1.25 bits per heavy atom. The van der Waals surface area contributed by atoms with E-state index in [1.54, 1.807) is 0 Å². The van der Waals surface area contributed by atoms with Gasteiger partial charge in [-0.15, -0.1) is 0 Å². The highest BCUT2D eigenvalue weighted by Crippen LogP contribution is 2.21. The molecule has 1 N–H and O–H groups in total. The molecule has 0 amide bonds. The zero-order chi connectivity index (χ0) is 14.3. The molecule has 1 fully saturated rings. The molecule has 0 spiro atoms. The molecule has 108 valence electrons. The second-order valence-electron chi connectivity index (χ2n) is 5.86. The number of hydrogen-bond acceptors (Lipinski definition) is 3. The fourth-order valence-electron chi connectivity index (χ4n) is 2.64. The number of nitrogens with one attached hydrogen (secondary N) is 1. The highest BCUT2D eigenvalue weighted by Gasteiger charge is 2.21. The van der Waals surface area contributed by atoms with Gasteiger partial charge in [0.1, 0.15) is 0 Å². The lowest BCUT2D eigenvalue weighted by Crippen LogP contribution is -2.16. The van der Waals surface area contributed by atoms with Gasteiger partial charge in [-0.1, -0.05) is 0 Å². The van der Waals surface area contributed by atoms with Crippen molar-refractivity contribution in [2.45, 2.75) is 52.7 Å². The van der Waals surface area contributed by atoms with Gasteiger partial charge in [-0.25, -0.2) is 0 Å². The van der Waals surface area contributed by atoms with Crippen LogP contribution < -0.4 is 5.32 Å². The Bertz CT molecular complexity index is 618. The predicted molar refractivity (Wildman–Crippen MR) is 78.6 cm³/mol. The molecule has 1 aliphatic carbocycles. The summed E-state index contributed by atoms with van der Waals surface area (Å²) in [4.78, 5) is 0. The summed E-state index contributed by atoms with van der Waals surface area (Å²) in [5.41, 5.74) is 5.98. The maximum atomic E-state index is 4.69. The van der Waals surface area contributed by atoms with Crippen molar-refractivity contribution >= 4 is 0 Å².